The van der Waals surface area contributed by atoms with Gasteiger partial charge in [-0.2, -0.15) is 0 Å². The van der Waals surface area contributed by atoms with Crippen molar-refractivity contribution in [2.24, 2.45) is 0 Å². The predicted octanol–water partition coefficient (Wildman–Crippen LogP) is 3.80. The Morgan fingerprint density at radius 2 is 1.89 bits per heavy atom. The highest BCUT2D eigenvalue weighted by Crippen LogP contribution is 2.43. The molecule has 2 amide bonds. The van der Waals surface area contributed by atoms with Gasteiger partial charge in [-0.15, -0.1) is 11.8 Å². The van der Waals surface area contributed by atoms with Gasteiger partial charge in [0.25, 0.3) is 0 Å². The number of hydrogen-bond donors (Lipinski definition) is 1. The quantitative estimate of drug-likeness (QED) is 0.821. The molecule has 27 heavy (non-hydrogen) atoms. The molecule has 0 spiro atoms. The molecule has 4 nitrogen and oxygen atoms in total. The first-order chi connectivity index (χ1) is 13.0. The highest BCUT2D eigenvalue weighted by molar-refractivity contribution is 8.01. The lowest BCUT2D eigenvalue weighted by atomic mass is 10.1. The molecular weight excluding hydrogens is 363 g/mol. The zero-order valence-electron chi connectivity index (χ0n) is 15.4. The SMILES string of the molecule is Cc1ccccc1[C@H]1S[C@H](C)C(=O)N1CCC(=O)NCc1ccc(F)cc1. The summed E-state index contributed by atoms with van der Waals surface area (Å²) in [6.07, 6.45) is 0.239. The molecular formula is C21H23FN2O2S. The van der Waals surface area contributed by atoms with Crippen molar-refractivity contribution in [3.8, 4) is 0 Å². The monoisotopic (exact) mass is 386 g/mol. The number of hydrogen-bond acceptors (Lipinski definition) is 3. The van der Waals surface area contributed by atoms with Crippen LogP contribution in [0.3, 0.4) is 0 Å². The second kappa shape index (κ2) is 8.57. The van der Waals surface area contributed by atoms with Gasteiger partial charge in [0.15, 0.2) is 0 Å². The Labute approximate surface area is 163 Å². The summed E-state index contributed by atoms with van der Waals surface area (Å²) in [6.45, 7) is 4.67. The molecule has 1 fully saturated rings. The smallest absolute Gasteiger partial charge is 0.236 e. The number of nitrogens with one attached hydrogen (secondary N) is 1. The summed E-state index contributed by atoms with van der Waals surface area (Å²) in [4.78, 5) is 26.6. The van der Waals surface area contributed by atoms with Crippen LogP contribution in [0.25, 0.3) is 0 Å². The van der Waals surface area contributed by atoms with Gasteiger partial charge in [-0.1, -0.05) is 36.4 Å². The van der Waals surface area contributed by atoms with Gasteiger partial charge in [-0.3, -0.25) is 9.59 Å². The summed E-state index contributed by atoms with van der Waals surface area (Å²) in [7, 11) is 0. The Morgan fingerprint density at radius 1 is 1.19 bits per heavy atom. The molecule has 0 aromatic heterocycles. The third-order valence-electron chi connectivity index (χ3n) is 4.68. The van der Waals surface area contributed by atoms with Crippen molar-refractivity contribution in [2.45, 2.75) is 37.4 Å². The molecule has 0 bridgehead atoms. The van der Waals surface area contributed by atoms with Crippen LogP contribution in [0.5, 0.6) is 0 Å². The van der Waals surface area contributed by atoms with Crippen molar-refractivity contribution in [3.05, 3.63) is 71.0 Å². The Bertz CT molecular complexity index is 825. The molecule has 142 valence electrons. The first-order valence-corrected chi connectivity index (χ1v) is 9.92. The van der Waals surface area contributed by atoms with E-state index in [2.05, 4.69) is 5.32 Å². The molecule has 6 heteroatoms. The number of rotatable bonds is 6. The Morgan fingerprint density at radius 3 is 2.59 bits per heavy atom. The first kappa shape index (κ1) is 19.4. The lowest BCUT2D eigenvalue weighted by molar-refractivity contribution is -0.130. The van der Waals surface area contributed by atoms with E-state index in [1.807, 2.05) is 38.1 Å². The fourth-order valence-corrected chi connectivity index (χ4v) is 4.53. The number of nitrogens with zero attached hydrogens (tertiary/aromatic N) is 1. The maximum Gasteiger partial charge on any atom is 0.236 e. The summed E-state index contributed by atoms with van der Waals surface area (Å²) < 4.78 is 12.9. The molecule has 1 N–H and O–H groups in total. The molecule has 2 aromatic carbocycles. The largest absolute Gasteiger partial charge is 0.352 e. The Kier molecular flexibility index (Phi) is 6.16. The number of aryl methyl sites for hydroxylation is 1. The normalized spacial score (nSPS) is 19.4. The Hall–Kier alpha value is -2.34. The van der Waals surface area contributed by atoms with Crippen molar-refractivity contribution >= 4 is 23.6 Å². The standard InChI is InChI=1S/C21H23FN2O2S/c1-14-5-3-4-6-18(14)21-24(20(26)15(2)27-21)12-11-19(25)23-13-16-7-9-17(22)10-8-16/h3-10,15,21H,11-13H2,1-2H3,(H,23,25)/t15-,21-/m1/s1. The van der Waals surface area contributed by atoms with E-state index in [9.17, 15) is 14.0 Å². The number of carbonyl (C=O) groups excluding carboxylic acids is 2. The van der Waals surface area contributed by atoms with Crippen LogP contribution >= 0.6 is 11.8 Å². The lowest BCUT2D eigenvalue weighted by Crippen LogP contribution is -2.34. The van der Waals surface area contributed by atoms with Crippen molar-refractivity contribution in [3.63, 3.8) is 0 Å². The molecule has 1 aliphatic rings. The van der Waals surface area contributed by atoms with E-state index in [0.29, 0.717) is 13.1 Å². The summed E-state index contributed by atoms with van der Waals surface area (Å²) in [6, 6.07) is 14.1. The van der Waals surface area contributed by atoms with Crippen LogP contribution in [0, 0.1) is 12.7 Å². The zero-order valence-corrected chi connectivity index (χ0v) is 16.3. The van der Waals surface area contributed by atoms with Crippen LogP contribution in [0.1, 0.15) is 35.4 Å². The van der Waals surface area contributed by atoms with E-state index < -0.39 is 0 Å². The minimum absolute atomic E-state index is 0.0569. The average Bonchev–Trinajstić information content (AvgIpc) is 2.94. The highest BCUT2D eigenvalue weighted by atomic mass is 32.2. The number of halogens is 1. The molecule has 1 saturated heterocycles. The summed E-state index contributed by atoms with van der Waals surface area (Å²) in [5.41, 5.74) is 3.10. The second-order valence-corrected chi connectivity index (χ2v) is 8.10. The molecule has 0 saturated carbocycles. The number of carbonyl (C=O) groups is 2. The second-order valence-electron chi connectivity index (χ2n) is 6.67. The summed E-state index contributed by atoms with van der Waals surface area (Å²) in [5.74, 6) is -0.355. The minimum atomic E-state index is -0.300. The van der Waals surface area contributed by atoms with Gasteiger partial charge in [-0.05, 0) is 42.7 Å². The average molecular weight is 386 g/mol. The van der Waals surface area contributed by atoms with Gasteiger partial charge in [0.1, 0.15) is 11.2 Å². The van der Waals surface area contributed by atoms with Crippen LogP contribution < -0.4 is 5.32 Å². The molecule has 2 atom stereocenters. The van der Waals surface area contributed by atoms with E-state index in [1.54, 1.807) is 28.8 Å². The van der Waals surface area contributed by atoms with Crippen LogP contribution in [0.2, 0.25) is 0 Å². The highest BCUT2D eigenvalue weighted by Gasteiger charge is 2.38. The van der Waals surface area contributed by atoms with Gasteiger partial charge in [0, 0.05) is 19.5 Å². The molecule has 1 heterocycles. The summed E-state index contributed by atoms with van der Waals surface area (Å²) >= 11 is 1.62. The molecule has 1 aliphatic heterocycles. The van der Waals surface area contributed by atoms with Crippen molar-refractivity contribution in [1.29, 1.82) is 0 Å². The van der Waals surface area contributed by atoms with E-state index in [4.69, 9.17) is 0 Å². The maximum atomic E-state index is 12.9. The molecule has 2 aromatic rings. The van der Waals surface area contributed by atoms with Crippen molar-refractivity contribution < 1.29 is 14.0 Å². The maximum absolute atomic E-state index is 12.9. The van der Waals surface area contributed by atoms with Gasteiger partial charge in [0.2, 0.25) is 11.8 Å². The Balaban J connectivity index is 1.59. The van der Waals surface area contributed by atoms with Crippen molar-refractivity contribution in [2.75, 3.05) is 6.54 Å². The molecule has 0 aliphatic carbocycles. The minimum Gasteiger partial charge on any atom is -0.352 e. The van der Waals surface area contributed by atoms with E-state index in [0.717, 1.165) is 16.7 Å². The van der Waals surface area contributed by atoms with Crippen molar-refractivity contribution in [1.82, 2.24) is 10.2 Å². The fourth-order valence-electron chi connectivity index (χ4n) is 3.12. The predicted molar refractivity (Wildman–Crippen MR) is 106 cm³/mol. The summed E-state index contributed by atoms with van der Waals surface area (Å²) in [5, 5.41) is 2.66. The van der Waals surface area contributed by atoms with E-state index in [-0.39, 0.29) is 34.7 Å². The fraction of sp³-hybridized carbons (Fsp3) is 0.333. The van der Waals surface area contributed by atoms with Gasteiger partial charge in [-0.25, -0.2) is 4.39 Å². The third-order valence-corrected chi connectivity index (χ3v) is 6.06. The van der Waals surface area contributed by atoms with Crippen LogP contribution in [-0.2, 0) is 16.1 Å². The zero-order chi connectivity index (χ0) is 19.4. The van der Waals surface area contributed by atoms with Gasteiger partial charge >= 0.3 is 0 Å². The van der Waals surface area contributed by atoms with Crippen LogP contribution in [-0.4, -0.2) is 28.5 Å². The van der Waals surface area contributed by atoms with Crippen LogP contribution in [0.15, 0.2) is 48.5 Å². The third kappa shape index (κ3) is 4.69. The lowest BCUT2D eigenvalue weighted by Gasteiger charge is -2.25. The van der Waals surface area contributed by atoms with Gasteiger partial charge < -0.3 is 10.2 Å². The topological polar surface area (TPSA) is 49.4 Å². The molecule has 0 unspecified atom stereocenters. The van der Waals surface area contributed by atoms with Gasteiger partial charge in [0.05, 0.1) is 5.25 Å². The number of thioether (sulfide) groups is 1. The van der Waals surface area contributed by atoms with Crippen LogP contribution in [0.4, 0.5) is 4.39 Å². The molecule has 0 radical (unpaired) electrons. The molecule has 3 rings (SSSR count). The van der Waals surface area contributed by atoms with E-state index >= 15 is 0 Å². The van der Waals surface area contributed by atoms with E-state index in [1.165, 1.54) is 12.1 Å². The first-order valence-electron chi connectivity index (χ1n) is 8.98. The number of amides is 2. The number of benzene rings is 2.